The molecule has 0 aliphatic carbocycles. The Labute approximate surface area is 125 Å². The van der Waals surface area contributed by atoms with Crippen molar-refractivity contribution in [3.05, 3.63) is 34.6 Å². The molecular formula is C12H14ClFN6O. The molecule has 2 aromatic rings. The zero-order valence-electron chi connectivity index (χ0n) is 11.5. The van der Waals surface area contributed by atoms with Crippen LogP contribution >= 0.6 is 11.6 Å². The smallest absolute Gasteiger partial charge is 0.271 e. The number of nitrogens with one attached hydrogen (secondary N) is 1. The molecule has 1 N–H and O–H groups in total. The van der Waals surface area contributed by atoms with Gasteiger partial charge in [0.15, 0.2) is 5.69 Å². The lowest BCUT2D eigenvalue weighted by Crippen LogP contribution is -2.19. The van der Waals surface area contributed by atoms with E-state index in [1.165, 1.54) is 21.8 Å². The van der Waals surface area contributed by atoms with Crippen LogP contribution in [0, 0.1) is 5.95 Å². The van der Waals surface area contributed by atoms with Gasteiger partial charge in [0.2, 0.25) is 5.95 Å². The molecule has 9 heteroatoms. The predicted molar refractivity (Wildman–Crippen MR) is 75.8 cm³/mol. The monoisotopic (exact) mass is 312 g/mol. The number of carbonyl (C=O) groups is 1. The number of carbonyl (C=O) groups excluding carboxylic acids is 1. The van der Waals surface area contributed by atoms with Gasteiger partial charge in [-0.15, -0.1) is 0 Å². The van der Waals surface area contributed by atoms with Crippen LogP contribution in [-0.4, -0.2) is 31.7 Å². The molecule has 0 atom stereocenters. The third kappa shape index (κ3) is 3.27. The van der Waals surface area contributed by atoms with Gasteiger partial charge in [-0.05, 0) is 13.8 Å². The zero-order valence-corrected chi connectivity index (χ0v) is 12.3. The van der Waals surface area contributed by atoms with Crippen LogP contribution in [0.3, 0.4) is 0 Å². The Kier molecular flexibility index (Phi) is 4.69. The van der Waals surface area contributed by atoms with Gasteiger partial charge in [0.25, 0.3) is 5.91 Å². The maximum Gasteiger partial charge on any atom is 0.293 e. The number of hydrazone groups is 1. The van der Waals surface area contributed by atoms with E-state index in [0.29, 0.717) is 13.1 Å². The highest BCUT2D eigenvalue weighted by atomic mass is 35.5. The van der Waals surface area contributed by atoms with E-state index in [0.717, 1.165) is 0 Å². The average molecular weight is 313 g/mol. The Balaban J connectivity index is 2.04. The number of amides is 1. The third-order valence-electron chi connectivity index (χ3n) is 2.73. The summed E-state index contributed by atoms with van der Waals surface area (Å²) in [5, 5.41) is 11.7. The summed E-state index contributed by atoms with van der Waals surface area (Å²) in [6.07, 6.45) is 4.05. The van der Waals surface area contributed by atoms with Crippen molar-refractivity contribution in [2.45, 2.75) is 26.9 Å². The largest absolute Gasteiger partial charge is 0.293 e. The Hall–Kier alpha value is -2.22. The summed E-state index contributed by atoms with van der Waals surface area (Å²) in [5.74, 6) is -1.07. The van der Waals surface area contributed by atoms with Crippen molar-refractivity contribution in [1.82, 2.24) is 25.0 Å². The van der Waals surface area contributed by atoms with Crippen LogP contribution in [0.2, 0.25) is 5.02 Å². The van der Waals surface area contributed by atoms with Gasteiger partial charge in [0, 0.05) is 19.3 Å². The molecule has 0 aromatic carbocycles. The van der Waals surface area contributed by atoms with Gasteiger partial charge in [0.05, 0.1) is 23.0 Å². The Bertz CT molecular complexity index is 677. The number of hydrogen-bond acceptors (Lipinski definition) is 4. The molecule has 2 heterocycles. The van der Waals surface area contributed by atoms with E-state index in [4.69, 9.17) is 11.6 Å². The van der Waals surface area contributed by atoms with Crippen molar-refractivity contribution >= 4 is 23.7 Å². The summed E-state index contributed by atoms with van der Waals surface area (Å²) in [5.41, 5.74) is 2.50. The van der Waals surface area contributed by atoms with Crippen molar-refractivity contribution in [3.8, 4) is 0 Å². The van der Waals surface area contributed by atoms with Crippen LogP contribution in [0.5, 0.6) is 0 Å². The number of rotatable bonds is 5. The van der Waals surface area contributed by atoms with Gasteiger partial charge in [-0.1, -0.05) is 11.6 Å². The fraction of sp³-hybridized carbons (Fsp3) is 0.333. The van der Waals surface area contributed by atoms with E-state index in [9.17, 15) is 9.18 Å². The third-order valence-corrected chi connectivity index (χ3v) is 3.00. The number of hydrogen-bond donors (Lipinski definition) is 1. The molecular weight excluding hydrogens is 299 g/mol. The average Bonchev–Trinajstić information content (AvgIpc) is 3.02. The molecule has 1 amide bonds. The second-order valence-corrected chi connectivity index (χ2v) is 4.49. The van der Waals surface area contributed by atoms with Gasteiger partial charge >= 0.3 is 0 Å². The molecule has 0 saturated carbocycles. The molecule has 0 saturated heterocycles. The Morgan fingerprint density at radius 2 is 2.29 bits per heavy atom. The van der Waals surface area contributed by atoms with E-state index in [1.54, 1.807) is 13.1 Å². The van der Waals surface area contributed by atoms with E-state index in [-0.39, 0.29) is 16.3 Å². The maximum absolute atomic E-state index is 13.7. The van der Waals surface area contributed by atoms with E-state index in [2.05, 4.69) is 20.7 Å². The van der Waals surface area contributed by atoms with Gasteiger partial charge < -0.3 is 0 Å². The van der Waals surface area contributed by atoms with Crippen molar-refractivity contribution in [1.29, 1.82) is 0 Å². The minimum Gasteiger partial charge on any atom is -0.271 e. The van der Waals surface area contributed by atoms with Crippen LogP contribution in [0.15, 0.2) is 17.5 Å². The fourth-order valence-electron chi connectivity index (χ4n) is 1.62. The van der Waals surface area contributed by atoms with Crippen molar-refractivity contribution in [3.63, 3.8) is 0 Å². The van der Waals surface area contributed by atoms with Crippen molar-refractivity contribution < 1.29 is 9.18 Å². The number of nitrogens with zero attached hydrogens (tertiary/aromatic N) is 5. The van der Waals surface area contributed by atoms with Crippen molar-refractivity contribution in [2.24, 2.45) is 5.10 Å². The molecule has 0 radical (unpaired) electrons. The molecule has 0 aliphatic heterocycles. The number of halogens is 2. The molecule has 0 unspecified atom stereocenters. The summed E-state index contributed by atoms with van der Waals surface area (Å²) >= 11 is 5.89. The van der Waals surface area contributed by atoms with Gasteiger partial charge in [-0.25, -0.2) is 10.1 Å². The second-order valence-electron chi connectivity index (χ2n) is 4.09. The SMILES string of the molecule is CCn1cc(Cl)c(C(=O)NN=Cc2cnn(CC)c2F)n1. The van der Waals surface area contributed by atoms with E-state index >= 15 is 0 Å². The van der Waals surface area contributed by atoms with Crippen molar-refractivity contribution in [2.75, 3.05) is 0 Å². The van der Waals surface area contributed by atoms with E-state index in [1.807, 2.05) is 6.92 Å². The first-order valence-corrected chi connectivity index (χ1v) is 6.72. The summed E-state index contributed by atoms with van der Waals surface area (Å²) < 4.78 is 16.4. The van der Waals surface area contributed by atoms with Crippen LogP contribution in [0.25, 0.3) is 0 Å². The normalized spacial score (nSPS) is 11.2. The van der Waals surface area contributed by atoms with Crippen LogP contribution in [-0.2, 0) is 13.1 Å². The lowest BCUT2D eigenvalue weighted by molar-refractivity contribution is 0.0949. The lowest BCUT2D eigenvalue weighted by atomic mass is 10.4. The first-order chi connectivity index (χ1) is 10.1. The predicted octanol–water partition coefficient (Wildman–Crippen LogP) is 1.68. The van der Waals surface area contributed by atoms with Gasteiger partial charge in [-0.3, -0.25) is 9.48 Å². The highest BCUT2D eigenvalue weighted by Crippen LogP contribution is 2.13. The molecule has 112 valence electrons. The summed E-state index contributed by atoms with van der Waals surface area (Å²) in [6.45, 7) is 4.65. The maximum atomic E-state index is 13.7. The quantitative estimate of drug-likeness (QED) is 0.674. The molecule has 2 rings (SSSR count). The minimum atomic E-state index is -0.563. The standard InChI is InChI=1S/C12H14ClFN6O/c1-3-19-7-9(13)10(18-19)12(21)17-15-5-8-6-16-20(4-2)11(8)14/h5-7H,3-4H2,1-2H3,(H,17,21). The molecule has 0 bridgehead atoms. The van der Waals surface area contributed by atoms with Crippen LogP contribution in [0.1, 0.15) is 29.9 Å². The Morgan fingerprint density at radius 1 is 1.52 bits per heavy atom. The number of aryl methyl sites for hydroxylation is 2. The summed E-state index contributed by atoms with van der Waals surface area (Å²) in [4.78, 5) is 11.8. The molecule has 0 aliphatic rings. The molecule has 0 spiro atoms. The summed E-state index contributed by atoms with van der Waals surface area (Å²) in [6, 6.07) is 0. The highest BCUT2D eigenvalue weighted by Gasteiger charge is 2.14. The van der Waals surface area contributed by atoms with Gasteiger partial charge in [-0.2, -0.15) is 19.7 Å². The fourth-order valence-corrected chi connectivity index (χ4v) is 1.85. The van der Waals surface area contributed by atoms with Crippen LogP contribution in [0.4, 0.5) is 4.39 Å². The van der Waals surface area contributed by atoms with Crippen LogP contribution < -0.4 is 5.43 Å². The molecule has 7 nitrogen and oxygen atoms in total. The number of aromatic nitrogens is 4. The first kappa shape index (κ1) is 15.2. The highest BCUT2D eigenvalue weighted by molar-refractivity contribution is 6.33. The van der Waals surface area contributed by atoms with E-state index < -0.39 is 11.9 Å². The minimum absolute atomic E-state index is 0.0698. The molecule has 0 fully saturated rings. The molecule has 2 aromatic heterocycles. The topological polar surface area (TPSA) is 77.1 Å². The molecule has 21 heavy (non-hydrogen) atoms. The lowest BCUT2D eigenvalue weighted by Gasteiger charge is -1.96. The van der Waals surface area contributed by atoms with Gasteiger partial charge in [0.1, 0.15) is 0 Å². The zero-order chi connectivity index (χ0) is 15.4. The Morgan fingerprint density at radius 3 is 2.86 bits per heavy atom. The summed E-state index contributed by atoms with van der Waals surface area (Å²) in [7, 11) is 0. The second kappa shape index (κ2) is 6.49. The first-order valence-electron chi connectivity index (χ1n) is 6.34.